The highest BCUT2D eigenvalue weighted by molar-refractivity contribution is 7.13. The molecule has 4 heterocycles. The van der Waals surface area contributed by atoms with E-state index in [1.807, 2.05) is 95.0 Å². The van der Waals surface area contributed by atoms with Crippen LogP contribution in [0.2, 0.25) is 5.02 Å². The fourth-order valence-corrected chi connectivity index (χ4v) is 11.6. The Morgan fingerprint density at radius 1 is 0.884 bits per heavy atom. The minimum Gasteiger partial charge on any atom is -0.508 e. The van der Waals surface area contributed by atoms with Crippen molar-refractivity contribution in [3.63, 3.8) is 0 Å². The molecule has 6 aromatic rings. The number of anilines is 2. The summed E-state index contributed by atoms with van der Waals surface area (Å²) < 4.78 is 39.5. The SMILES string of the molecule is CCC(=O)N1CCN(c2nc(NCCC(=O)N(C)CCOCCOCCOCCOCC(=O)NC(C(=O)N3CC(O)CC3C(=O)NC(C)c3ccc(-c4scnc4C)cc3)C(C)(C)C)nc3c(F)c(-c4cc(O)cc5ccccc45)c(Cl)cc23)CC1. The van der Waals surface area contributed by atoms with Gasteiger partial charge in [0.05, 0.1) is 79.5 Å². The summed E-state index contributed by atoms with van der Waals surface area (Å²) in [6, 6.07) is 17.6. The van der Waals surface area contributed by atoms with Crippen molar-refractivity contribution in [2.24, 2.45) is 5.41 Å². The fourth-order valence-electron chi connectivity index (χ4n) is 10.5. The van der Waals surface area contributed by atoms with Gasteiger partial charge in [-0.3, -0.25) is 24.0 Å². The molecule has 5 N–H and O–H groups in total. The summed E-state index contributed by atoms with van der Waals surface area (Å²) in [6.07, 6.45) is -0.368. The van der Waals surface area contributed by atoms with Crippen LogP contribution in [0.25, 0.3) is 43.2 Å². The van der Waals surface area contributed by atoms with Gasteiger partial charge in [-0.15, -0.1) is 11.3 Å². The number of carbonyl (C=O) groups is 5. The third-order valence-electron chi connectivity index (χ3n) is 15.2. The molecule has 2 aliphatic rings. The number of ether oxygens (including phenoxy) is 4. The third kappa shape index (κ3) is 16.5. The van der Waals surface area contributed by atoms with E-state index in [-0.39, 0.29) is 118 Å². The van der Waals surface area contributed by atoms with E-state index in [9.17, 15) is 34.2 Å². The van der Waals surface area contributed by atoms with Gasteiger partial charge >= 0.3 is 0 Å². The van der Waals surface area contributed by atoms with Gasteiger partial charge in [0.15, 0.2) is 5.82 Å². The number of nitrogens with zero attached hydrogens (tertiary/aromatic N) is 7. The number of nitrogens with one attached hydrogen (secondary N) is 3. The first-order valence-corrected chi connectivity index (χ1v) is 30.3. The standard InChI is InChI=1S/C62H78ClFN10O11S/c1-8-51(78)72-19-21-73(22-20-72)58-47-34-48(63)53(46-32-43(75)31-42-11-9-10-12-45(42)46)54(64)55(47)69-61(70-58)65-18-17-52(79)71(7)23-24-82-25-26-83-27-28-84-29-30-85-36-50(77)68-57(62(4,5)6)60(81)74-35-44(76)33-49(74)59(80)67-38(2)40-13-15-41(16-14-40)56-39(3)66-37-86-56/h9-16,31-32,34,37-38,44,49,57,75-76H,8,17-30,33,35-36H2,1-7H3,(H,67,80)(H,68,77)(H,65,69,70). The number of likely N-dealkylation sites (tertiary alicyclic amines) is 1. The number of β-amino-alcohol motifs (C(OH)–C–C–N with tert-alkyl or cyclic N) is 1. The Hall–Kier alpha value is -7.12. The highest BCUT2D eigenvalue weighted by Crippen LogP contribution is 2.42. The Kier molecular flexibility index (Phi) is 22.6. The van der Waals surface area contributed by atoms with Crippen molar-refractivity contribution in [3.05, 3.63) is 94.3 Å². The highest BCUT2D eigenvalue weighted by Gasteiger charge is 2.45. The number of carbonyl (C=O) groups excluding carboxylic acids is 5. The molecule has 8 rings (SSSR count). The van der Waals surface area contributed by atoms with Gasteiger partial charge in [0.25, 0.3) is 0 Å². The van der Waals surface area contributed by atoms with Crippen molar-refractivity contribution >= 4 is 85.9 Å². The molecule has 0 spiro atoms. The molecule has 4 unspecified atom stereocenters. The Morgan fingerprint density at radius 3 is 2.22 bits per heavy atom. The first-order valence-electron chi connectivity index (χ1n) is 29.0. The summed E-state index contributed by atoms with van der Waals surface area (Å²) in [6.45, 7) is 14.7. The van der Waals surface area contributed by atoms with E-state index in [0.717, 1.165) is 21.7 Å². The van der Waals surface area contributed by atoms with Crippen LogP contribution in [0.3, 0.4) is 0 Å². The molecule has 2 aromatic heterocycles. The van der Waals surface area contributed by atoms with Gasteiger partial charge in [0.2, 0.25) is 35.5 Å². The molecule has 4 aromatic carbocycles. The average Bonchev–Trinajstić information content (AvgIpc) is 1.02. The Balaban J connectivity index is 0.714. The van der Waals surface area contributed by atoms with Crippen LogP contribution >= 0.6 is 22.9 Å². The number of benzene rings is 4. The van der Waals surface area contributed by atoms with Gasteiger partial charge in [-0.05, 0) is 64.9 Å². The van der Waals surface area contributed by atoms with Gasteiger partial charge in [-0.25, -0.2) is 14.4 Å². The maximum Gasteiger partial charge on any atom is 0.246 e. The van der Waals surface area contributed by atoms with Crippen LogP contribution in [-0.2, 0) is 42.9 Å². The van der Waals surface area contributed by atoms with E-state index in [2.05, 4.69) is 25.9 Å². The molecular weight excluding hydrogens is 1150 g/mol. The number of aromatic hydroxyl groups is 1. The van der Waals surface area contributed by atoms with Crippen molar-refractivity contribution in [1.29, 1.82) is 0 Å². The molecule has 2 fully saturated rings. The quantitative estimate of drug-likeness (QED) is 0.0322. The smallest absolute Gasteiger partial charge is 0.246 e. The molecule has 0 bridgehead atoms. The van der Waals surface area contributed by atoms with Crippen LogP contribution in [0.1, 0.15) is 71.2 Å². The number of aromatic nitrogens is 3. The topological polar surface area (TPSA) is 250 Å². The van der Waals surface area contributed by atoms with Crippen molar-refractivity contribution in [2.75, 3.05) is 116 Å². The summed E-state index contributed by atoms with van der Waals surface area (Å²) in [5.74, 6) is -1.69. The van der Waals surface area contributed by atoms with Gasteiger partial charge in [0.1, 0.15) is 35.8 Å². The summed E-state index contributed by atoms with van der Waals surface area (Å²) in [5.41, 5.74) is 4.42. The molecule has 4 atom stereocenters. The number of aliphatic hydroxyl groups excluding tert-OH is 1. The number of fused-ring (bicyclic) bond motifs is 2. The first kappa shape index (κ1) is 64.9. The van der Waals surface area contributed by atoms with Crippen LogP contribution in [0.15, 0.2) is 72.2 Å². The number of hydrogen-bond acceptors (Lipinski definition) is 17. The number of halogens is 2. The van der Waals surface area contributed by atoms with E-state index < -0.39 is 47.1 Å². The second-order valence-electron chi connectivity index (χ2n) is 22.5. The van der Waals surface area contributed by atoms with E-state index in [1.165, 1.54) is 11.0 Å². The number of likely N-dealkylation sites (N-methyl/N-ethyl adjacent to an activating group) is 1. The highest BCUT2D eigenvalue weighted by atomic mass is 35.5. The van der Waals surface area contributed by atoms with Crippen LogP contribution in [-0.4, -0.2) is 193 Å². The molecule has 24 heteroatoms. The second-order valence-corrected chi connectivity index (χ2v) is 23.8. The maximum absolute atomic E-state index is 17.0. The molecule has 2 saturated heterocycles. The minimum absolute atomic E-state index is 0.00815. The van der Waals surface area contributed by atoms with Gasteiger partial charge < -0.3 is 64.7 Å². The van der Waals surface area contributed by atoms with Crippen molar-refractivity contribution in [2.45, 2.75) is 85.0 Å². The number of aryl methyl sites for hydroxylation is 1. The lowest BCUT2D eigenvalue weighted by atomic mass is 9.85. The third-order valence-corrected chi connectivity index (χ3v) is 16.5. The normalized spacial score (nSPS) is 16.1. The van der Waals surface area contributed by atoms with E-state index in [0.29, 0.717) is 73.3 Å². The van der Waals surface area contributed by atoms with Crippen LogP contribution < -0.4 is 20.9 Å². The maximum atomic E-state index is 17.0. The first-order chi connectivity index (χ1) is 41.2. The lowest BCUT2D eigenvalue weighted by Gasteiger charge is -2.36. The Bertz CT molecular complexity index is 3340. The molecule has 5 amide bonds. The zero-order chi connectivity index (χ0) is 61.7. The second kappa shape index (κ2) is 30.0. The Morgan fingerprint density at radius 2 is 1.56 bits per heavy atom. The van der Waals surface area contributed by atoms with E-state index >= 15 is 4.39 Å². The molecule has 0 saturated carbocycles. The number of piperazine rings is 1. The van der Waals surface area contributed by atoms with Crippen LogP contribution in [0, 0.1) is 18.2 Å². The number of thiazole rings is 1. The van der Waals surface area contributed by atoms with Gasteiger partial charge in [0, 0.05) is 83.1 Å². The zero-order valence-corrected chi connectivity index (χ0v) is 51.4. The van der Waals surface area contributed by atoms with Crippen LogP contribution in [0.5, 0.6) is 5.75 Å². The number of hydrogen-bond donors (Lipinski definition) is 5. The predicted molar refractivity (Wildman–Crippen MR) is 329 cm³/mol. The van der Waals surface area contributed by atoms with Crippen LogP contribution in [0.4, 0.5) is 16.2 Å². The fraction of sp³-hybridized carbons (Fsp3) is 0.484. The summed E-state index contributed by atoms with van der Waals surface area (Å²) >= 11 is 8.45. The number of rotatable bonds is 27. The van der Waals surface area contributed by atoms with Gasteiger partial charge in [-0.2, -0.15) is 4.98 Å². The number of amides is 5. The summed E-state index contributed by atoms with van der Waals surface area (Å²) in [5, 5.41) is 32.1. The van der Waals surface area contributed by atoms with Crippen molar-refractivity contribution in [3.8, 4) is 27.3 Å². The summed E-state index contributed by atoms with van der Waals surface area (Å²) in [4.78, 5) is 88.0. The molecule has 2 aliphatic heterocycles. The molecule has 462 valence electrons. The molecule has 0 radical (unpaired) electrons. The number of phenols is 1. The predicted octanol–water partition coefficient (Wildman–Crippen LogP) is 7.14. The average molecular weight is 1230 g/mol. The molecule has 86 heavy (non-hydrogen) atoms. The molecule has 21 nitrogen and oxygen atoms in total. The van der Waals surface area contributed by atoms with E-state index in [4.69, 9.17) is 35.5 Å². The number of aliphatic hydroxyl groups is 1. The lowest BCUT2D eigenvalue weighted by Crippen LogP contribution is -2.58. The zero-order valence-electron chi connectivity index (χ0n) is 49.8. The minimum atomic E-state index is -1.00. The lowest BCUT2D eigenvalue weighted by molar-refractivity contribution is -0.144. The largest absolute Gasteiger partial charge is 0.508 e. The van der Waals surface area contributed by atoms with E-state index in [1.54, 1.807) is 45.8 Å². The molecular formula is C62H78ClFN10O11S. The van der Waals surface area contributed by atoms with Crippen molar-refractivity contribution in [1.82, 2.24) is 40.3 Å². The monoisotopic (exact) mass is 1220 g/mol. The number of phenolic OH excluding ortho intramolecular Hbond substituents is 1. The Labute approximate surface area is 509 Å². The van der Waals surface area contributed by atoms with Gasteiger partial charge in [-0.1, -0.05) is 87.8 Å². The molecule has 0 aliphatic carbocycles. The summed E-state index contributed by atoms with van der Waals surface area (Å²) in [7, 11) is 1.67. The van der Waals surface area contributed by atoms with Crippen molar-refractivity contribution < 1.29 is 57.5 Å².